The van der Waals surface area contributed by atoms with Crippen molar-refractivity contribution in [1.29, 1.82) is 0 Å². The molecule has 0 aromatic heterocycles. The minimum atomic E-state index is -0.454. The van der Waals surface area contributed by atoms with Crippen LogP contribution in [0.2, 0.25) is 0 Å². The van der Waals surface area contributed by atoms with Crippen LogP contribution in [0.1, 0.15) is 40.0 Å². The molecule has 0 aliphatic carbocycles. The van der Waals surface area contributed by atoms with Crippen LogP contribution in [0.15, 0.2) is 0 Å². The number of carbonyl (C=O) groups excluding carboxylic acids is 1. The second kappa shape index (κ2) is 3.37. The van der Waals surface area contributed by atoms with Crippen molar-refractivity contribution < 1.29 is 14.6 Å². The third kappa shape index (κ3) is 1.95. The van der Waals surface area contributed by atoms with E-state index in [1.807, 2.05) is 20.8 Å². The largest absolute Gasteiger partial charge is 0.444 e. The summed E-state index contributed by atoms with van der Waals surface area (Å²) in [5.41, 5.74) is -0.454. The first kappa shape index (κ1) is 10.7. The van der Waals surface area contributed by atoms with Crippen molar-refractivity contribution in [2.45, 2.75) is 63.8 Å². The van der Waals surface area contributed by atoms with Crippen molar-refractivity contribution >= 4 is 6.09 Å². The summed E-state index contributed by atoms with van der Waals surface area (Å²) in [5.74, 6) is 0. The monoisotopic (exact) mass is 213 g/mol. The predicted molar refractivity (Wildman–Crippen MR) is 55.5 cm³/mol. The quantitative estimate of drug-likeness (QED) is 0.663. The normalized spacial score (nSPS) is 34.7. The lowest BCUT2D eigenvalue weighted by Crippen LogP contribution is -2.41. The summed E-state index contributed by atoms with van der Waals surface area (Å²) in [7, 11) is 0. The highest BCUT2D eigenvalue weighted by Crippen LogP contribution is 2.38. The Morgan fingerprint density at radius 1 is 1.40 bits per heavy atom. The topological polar surface area (TPSA) is 49.8 Å². The molecule has 0 aromatic carbocycles. The molecule has 2 bridgehead atoms. The molecule has 1 N–H and O–H groups in total. The number of amides is 1. The Balaban J connectivity index is 2.03. The molecule has 86 valence electrons. The van der Waals surface area contributed by atoms with Gasteiger partial charge in [0.15, 0.2) is 0 Å². The van der Waals surface area contributed by atoms with Crippen LogP contribution >= 0.6 is 0 Å². The van der Waals surface area contributed by atoms with Gasteiger partial charge in [0, 0.05) is 6.04 Å². The number of aliphatic hydroxyl groups excluding tert-OH is 1. The molecule has 4 heteroatoms. The summed E-state index contributed by atoms with van der Waals surface area (Å²) < 4.78 is 5.33. The molecule has 2 saturated heterocycles. The zero-order valence-corrected chi connectivity index (χ0v) is 9.56. The fourth-order valence-electron chi connectivity index (χ4n) is 2.56. The molecule has 2 fully saturated rings. The Morgan fingerprint density at radius 2 is 2.07 bits per heavy atom. The van der Waals surface area contributed by atoms with Gasteiger partial charge < -0.3 is 9.84 Å². The van der Waals surface area contributed by atoms with E-state index in [-0.39, 0.29) is 24.3 Å². The van der Waals surface area contributed by atoms with E-state index in [9.17, 15) is 9.90 Å². The van der Waals surface area contributed by atoms with Crippen LogP contribution in [-0.2, 0) is 4.74 Å². The zero-order valence-electron chi connectivity index (χ0n) is 9.56. The molecule has 3 atom stereocenters. The van der Waals surface area contributed by atoms with Crippen LogP contribution in [0.4, 0.5) is 4.79 Å². The number of hydrogen-bond acceptors (Lipinski definition) is 3. The van der Waals surface area contributed by atoms with Gasteiger partial charge in [-0.25, -0.2) is 4.79 Å². The fourth-order valence-corrected chi connectivity index (χ4v) is 2.56. The number of fused-ring (bicyclic) bond motifs is 2. The summed E-state index contributed by atoms with van der Waals surface area (Å²) in [6, 6.07) is 0.185. The number of aliphatic hydroxyl groups is 1. The Morgan fingerprint density at radius 3 is 2.47 bits per heavy atom. The van der Waals surface area contributed by atoms with Crippen LogP contribution in [0, 0.1) is 0 Å². The SMILES string of the molecule is CC(C)(C)OC(=O)N1C2CCC1[C@H](O)C2. The van der Waals surface area contributed by atoms with Gasteiger partial charge in [-0.05, 0) is 40.0 Å². The molecule has 4 nitrogen and oxygen atoms in total. The lowest BCUT2D eigenvalue weighted by atomic mass is 9.98. The van der Waals surface area contributed by atoms with Gasteiger partial charge in [0.1, 0.15) is 5.60 Å². The molecular weight excluding hydrogens is 194 g/mol. The van der Waals surface area contributed by atoms with Crippen molar-refractivity contribution in [3.8, 4) is 0 Å². The van der Waals surface area contributed by atoms with Gasteiger partial charge in [0.25, 0.3) is 0 Å². The minimum Gasteiger partial charge on any atom is -0.444 e. The van der Waals surface area contributed by atoms with Crippen LogP contribution in [-0.4, -0.2) is 39.9 Å². The first-order valence-electron chi connectivity index (χ1n) is 5.58. The van der Waals surface area contributed by atoms with Gasteiger partial charge in [-0.15, -0.1) is 0 Å². The van der Waals surface area contributed by atoms with E-state index in [4.69, 9.17) is 4.74 Å². The van der Waals surface area contributed by atoms with Gasteiger partial charge in [-0.2, -0.15) is 0 Å². The molecule has 2 unspecified atom stereocenters. The second-order valence-electron chi connectivity index (χ2n) is 5.49. The van der Waals surface area contributed by atoms with E-state index >= 15 is 0 Å². The van der Waals surface area contributed by atoms with Crippen molar-refractivity contribution in [2.75, 3.05) is 0 Å². The molecule has 0 spiro atoms. The molecule has 0 aromatic rings. The summed E-state index contributed by atoms with van der Waals surface area (Å²) in [5, 5.41) is 9.69. The minimum absolute atomic E-state index is 0.00940. The fraction of sp³-hybridized carbons (Fsp3) is 0.909. The third-order valence-electron chi connectivity index (χ3n) is 3.11. The molecule has 0 radical (unpaired) electrons. The molecule has 15 heavy (non-hydrogen) atoms. The van der Waals surface area contributed by atoms with Crippen molar-refractivity contribution in [3.05, 3.63) is 0 Å². The lowest BCUT2D eigenvalue weighted by Gasteiger charge is -2.27. The van der Waals surface area contributed by atoms with Crippen LogP contribution in [0.3, 0.4) is 0 Å². The standard InChI is InChI=1S/C11H19NO3/c1-11(2,3)15-10(14)12-7-4-5-8(12)9(13)6-7/h7-9,13H,4-6H2,1-3H3/t7?,8?,9-/m1/s1. The zero-order chi connectivity index (χ0) is 11.2. The molecular formula is C11H19NO3. The van der Waals surface area contributed by atoms with Gasteiger partial charge in [0.05, 0.1) is 12.1 Å². The summed E-state index contributed by atoms with van der Waals surface area (Å²) >= 11 is 0. The Bertz CT molecular complexity index is 271. The van der Waals surface area contributed by atoms with E-state index in [1.54, 1.807) is 4.90 Å². The third-order valence-corrected chi connectivity index (χ3v) is 3.11. The highest BCUT2D eigenvalue weighted by atomic mass is 16.6. The summed E-state index contributed by atoms with van der Waals surface area (Å²) in [6.07, 6.45) is 2.00. The average molecular weight is 213 g/mol. The van der Waals surface area contributed by atoms with E-state index in [2.05, 4.69) is 0 Å². The van der Waals surface area contributed by atoms with E-state index in [0.717, 1.165) is 12.8 Å². The second-order valence-corrected chi connectivity index (χ2v) is 5.49. The number of rotatable bonds is 0. The Labute approximate surface area is 90.2 Å². The number of nitrogens with zero attached hydrogens (tertiary/aromatic N) is 1. The Kier molecular flexibility index (Phi) is 2.41. The smallest absolute Gasteiger partial charge is 0.410 e. The first-order valence-corrected chi connectivity index (χ1v) is 5.58. The van der Waals surface area contributed by atoms with Gasteiger partial charge in [-0.1, -0.05) is 0 Å². The summed E-state index contributed by atoms with van der Waals surface area (Å²) in [6.45, 7) is 5.58. The number of hydrogen-bond donors (Lipinski definition) is 1. The first-order chi connectivity index (χ1) is 6.88. The molecule has 2 aliphatic heterocycles. The van der Waals surface area contributed by atoms with E-state index in [0.29, 0.717) is 6.42 Å². The summed E-state index contributed by atoms with van der Waals surface area (Å²) in [4.78, 5) is 13.6. The lowest BCUT2D eigenvalue weighted by molar-refractivity contribution is 0.0170. The molecule has 2 rings (SSSR count). The van der Waals surface area contributed by atoms with Crippen molar-refractivity contribution in [1.82, 2.24) is 4.90 Å². The molecule has 0 saturated carbocycles. The predicted octanol–water partition coefficient (Wildman–Crippen LogP) is 1.52. The van der Waals surface area contributed by atoms with Gasteiger partial charge >= 0.3 is 6.09 Å². The maximum Gasteiger partial charge on any atom is 0.410 e. The van der Waals surface area contributed by atoms with Gasteiger partial charge in [-0.3, -0.25) is 4.90 Å². The maximum absolute atomic E-state index is 11.9. The molecule has 2 heterocycles. The molecule has 2 aliphatic rings. The highest BCUT2D eigenvalue weighted by molar-refractivity contribution is 5.70. The van der Waals surface area contributed by atoms with E-state index in [1.165, 1.54) is 0 Å². The number of carbonyl (C=O) groups is 1. The van der Waals surface area contributed by atoms with Crippen molar-refractivity contribution in [2.24, 2.45) is 0 Å². The maximum atomic E-state index is 11.9. The van der Waals surface area contributed by atoms with Crippen LogP contribution < -0.4 is 0 Å². The van der Waals surface area contributed by atoms with E-state index < -0.39 is 5.60 Å². The highest BCUT2D eigenvalue weighted by Gasteiger charge is 2.49. The van der Waals surface area contributed by atoms with Crippen LogP contribution in [0.5, 0.6) is 0 Å². The van der Waals surface area contributed by atoms with Crippen LogP contribution in [0.25, 0.3) is 0 Å². The molecule has 1 amide bonds. The van der Waals surface area contributed by atoms with Gasteiger partial charge in [0.2, 0.25) is 0 Å². The average Bonchev–Trinajstić information content (AvgIpc) is 2.55. The van der Waals surface area contributed by atoms with Crippen molar-refractivity contribution in [3.63, 3.8) is 0 Å². The Hall–Kier alpha value is -0.770. The number of ether oxygens (including phenoxy) is 1.